The summed E-state index contributed by atoms with van der Waals surface area (Å²) in [6, 6.07) is 6.57. The second kappa shape index (κ2) is 7.67. The Balaban J connectivity index is 1.92. The van der Waals surface area contributed by atoms with Gasteiger partial charge in [-0.15, -0.1) is 0 Å². The number of hydrogen-bond acceptors (Lipinski definition) is 4. The number of nitrogens with one attached hydrogen (secondary N) is 1. The third kappa shape index (κ3) is 4.27. The Bertz CT molecular complexity index is 1080. The largest absolute Gasteiger partial charge is 0.280 e. The Morgan fingerprint density at radius 2 is 1.71 bits per heavy atom. The molecule has 3 rings (SSSR count). The zero-order valence-electron chi connectivity index (χ0n) is 15.2. The molecular weight excluding hydrogens is 410 g/mol. The fourth-order valence-electron chi connectivity index (χ4n) is 3.18. The van der Waals surface area contributed by atoms with Gasteiger partial charge < -0.3 is 0 Å². The van der Waals surface area contributed by atoms with Crippen molar-refractivity contribution in [2.24, 2.45) is 0 Å². The molecule has 1 N–H and O–H groups in total. The SMILES string of the molecule is CCCS(=O)(=O)N1CCCc2cc(NS(=O)(=O)c3cc(F)cc(F)c3)ccc21. The topological polar surface area (TPSA) is 83.6 Å². The summed E-state index contributed by atoms with van der Waals surface area (Å²) in [6.45, 7) is 2.17. The highest BCUT2D eigenvalue weighted by atomic mass is 32.2. The van der Waals surface area contributed by atoms with E-state index in [0.717, 1.165) is 12.1 Å². The molecular formula is C18H20F2N2O4S2. The van der Waals surface area contributed by atoms with Gasteiger partial charge in [0.05, 0.1) is 16.3 Å². The summed E-state index contributed by atoms with van der Waals surface area (Å²) in [5.41, 5.74) is 1.41. The maximum Gasteiger partial charge on any atom is 0.262 e. The molecule has 0 radical (unpaired) electrons. The quantitative estimate of drug-likeness (QED) is 0.763. The van der Waals surface area contributed by atoms with E-state index in [4.69, 9.17) is 0 Å². The Labute approximate surface area is 163 Å². The van der Waals surface area contributed by atoms with Crippen molar-refractivity contribution in [1.29, 1.82) is 0 Å². The molecule has 0 aromatic heterocycles. The normalized spacial score (nSPS) is 14.6. The molecule has 0 bridgehead atoms. The van der Waals surface area contributed by atoms with Crippen LogP contribution in [0.1, 0.15) is 25.3 Å². The van der Waals surface area contributed by atoms with E-state index in [2.05, 4.69) is 4.72 Å². The second-order valence-corrected chi connectivity index (χ2v) is 10.2. The fraction of sp³-hybridized carbons (Fsp3) is 0.333. The molecule has 2 aromatic rings. The third-order valence-electron chi connectivity index (χ3n) is 4.35. The van der Waals surface area contributed by atoms with E-state index in [1.54, 1.807) is 19.1 Å². The number of aryl methyl sites for hydroxylation is 1. The van der Waals surface area contributed by atoms with Gasteiger partial charge in [-0.25, -0.2) is 25.6 Å². The molecule has 6 nitrogen and oxygen atoms in total. The van der Waals surface area contributed by atoms with Gasteiger partial charge in [0.2, 0.25) is 10.0 Å². The highest BCUT2D eigenvalue weighted by Gasteiger charge is 2.27. The lowest BCUT2D eigenvalue weighted by molar-refractivity contribution is 0.568. The first kappa shape index (κ1) is 20.5. The van der Waals surface area contributed by atoms with E-state index in [0.29, 0.717) is 43.1 Å². The number of sulfonamides is 2. The van der Waals surface area contributed by atoms with Crippen molar-refractivity contribution in [2.45, 2.75) is 31.1 Å². The zero-order chi connectivity index (χ0) is 20.5. The van der Waals surface area contributed by atoms with Crippen molar-refractivity contribution in [3.63, 3.8) is 0 Å². The highest BCUT2D eigenvalue weighted by molar-refractivity contribution is 7.93. The summed E-state index contributed by atoms with van der Waals surface area (Å²) in [5, 5.41) is 0. The summed E-state index contributed by atoms with van der Waals surface area (Å²) < 4.78 is 80.1. The first-order valence-corrected chi connectivity index (χ1v) is 11.8. The first-order chi connectivity index (χ1) is 13.1. The van der Waals surface area contributed by atoms with E-state index >= 15 is 0 Å². The minimum atomic E-state index is -4.20. The molecule has 0 saturated heterocycles. The van der Waals surface area contributed by atoms with Crippen LogP contribution in [0.15, 0.2) is 41.3 Å². The van der Waals surface area contributed by atoms with Crippen LogP contribution in [0.2, 0.25) is 0 Å². The molecule has 0 atom stereocenters. The first-order valence-electron chi connectivity index (χ1n) is 8.74. The van der Waals surface area contributed by atoms with Gasteiger partial charge >= 0.3 is 0 Å². The highest BCUT2D eigenvalue weighted by Crippen LogP contribution is 2.32. The summed E-state index contributed by atoms with van der Waals surface area (Å²) >= 11 is 0. The average molecular weight is 430 g/mol. The van der Waals surface area contributed by atoms with Crippen molar-refractivity contribution in [1.82, 2.24) is 0 Å². The molecule has 1 heterocycles. The van der Waals surface area contributed by atoms with Gasteiger partial charge in [-0.05, 0) is 55.2 Å². The predicted molar refractivity (Wildman–Crippen MR) is 103 cm³/mol. The number of rotatable bonds is 6. The number of benzene rings is 2. The molecule has 2 aromatic carbocycles. The van der Waals surface area contributed by atoms with Crippen molar-refractivity contribution >= 4 is 31.4 Å². The predicted octanol–water partition coefficient (Wildman–Crippen LogP) is 3.26. The van der Waals surface area contributed by atoms with E-state index in [9.17, 15) is 25.6 Å². The molecule has 0 fully saturated rings. The second-order valence-electron chi connectivity index (χ2n) is 6.55. The molecule has 1 aliphatic heterocycles. The molecule has 152 valence electrons. The minimum Gasteiger partial charge on any atom is -0.280 e. The van der Waals surface area contributed by atoms with Gasteiger partial charge in [0.1, 0.15) is 11.6 Å². The molecule has 0 spiro atoms. The van der Waals surface area contributed by atoms with Crippen LogP contribution in [0.25, 0.3) is 0 Å². The van der Waals surface area contributed by atoms with E-state index < -0.39 is 36.6 Å². The molecule has 1 aliphatic rings. The Kier molecular flexibility index (Phi) is 5.62. The summed E-state index contributed by atoms with van der Waals surface area (Å²) in [5.74, 6) is -1.96. The van der Waals surface area contributed by atoms with Crippen molar-refractivity contribution in [2.75, 3.05) is 21.3 Å². The summed E-state index contributed by atoms with van der Waals surface area (Å²) in [6.07, 6.45) is 1.70. The van der Waals surface area contributed by atoms with Crippen LogP contribution >= 0.6 is 0 Å². The standard InChI is InChI=1S/C18H20F2N2O4S2/c1-2-8-27(23,24)22-7-3-4-13-9-16(5-6-18(13)22)21-28(25,26)17-11-14(19)10-15(20)12-17/h5-6,9-12,21H,2-4,7-8H2,1H3. The molecule has 0 aliphatic carbocycles. The lowest BCUT2D eigenvalue weighted by Gasteiger charge is -2.30. The number of hydrogen-bond donors (Lipinski definition) is 1. The Morgan fingerprint density at radius 3 is 2.36 bits per heavy atom. The monoisotopic (exact) mass is 430 g/mol. The smallest absolute Gasteiger partial charge is 0.262 e. The van der Waals surface area contributed by atoms with Gasteiger partial charge in [-0.3, -0.25) is 9.03 Å². The number of nitrogens with zero attached hydrogens (tertiary/aromatic N) is 1. The summed E-state index contributed by atoms with van der Waals surface area (Å²) in [4.78, 5) is -0.533. The third-order valence-corrected chi connectivity index (χ3v) is 7.69. The van der Waals surface area contributed by atoms with E-state index in [-0.39, 0.29) is 11.4 Å². The lowest BCUT2D eigenvalue weighted by atomic mass is 10.0. The van der Waals surface area contributed by atoms with Crippen LogP contribution in [0.5, 0.6) is 0 Å². The van der Waals surface area contributed by atoms with Gasteiger partial charge in [-0.1, -0.05) is 6.92 Å². The van der Waals surface area contributed by atoms with Crippen LogP contribution in [0, 0.1) is 11.6 Å². The number of anilines is 2. The van der Waals surface area contributed by atoms with E-state index in [1.807, 2.05) is 0 Å². The minimum absolute atomic E-state index is 0.0337. The fourth-order valence-corrected chi connectivity index (χ4v) is 5.89. The van der Waals surface area contributed by atoms with Crippen LogP contribution < -0.4 is 9.03 Å². The Morgan fingerprint density at radius 1 is 1.04 bits per heavy atom. The maximum atomic E-state index is 13.3. The van der Waals surface area contributed by atoms with Gasteiger partial charge in [-0.2, -0.15) is 0 Å². The zero-order valence-corrected chi connectivity index (χ0v) is 16.8. The van der Waals surface area contributed by atoms with Crippen LogP contribution in [0.3, 0.4) is 0 Å². The van der Waals surface area contributed by atoms with Crippen molar-refractivity contribution in [3.05, 3.63) is 53.6 Å². The van der Waals surface area contributed by atoms with Crippen LogP contribution in [-0.4, -0.2) is 29.1 Å². The average Bonchev–Trinajstić information content (AvgIpc) is 2.59. The maximum absolute atomic E-state index is 13.3. The summed E-state index contributed by atoms with van der Waals surface area (Å²) in [7, 11) is -7.63. The van der Waals surface area contributed by atoms with E-state index in [1.165, 1.54) is 10.4 Å². The molecule has 10 heteroatoms. The number of halogens is 2. The molecule has 0 unspecified atom stereocenters. The van der Waals surface area contributed by atoms with Crippen LogP contribution in [0.4, 0.5) is 20.2 Å². The van der Waals surface area contributed by atoms with Crippen molar-refractivity contribution in [3.8, 4) is 0 Å². The molecule has 0 saturated carbocycles. The Hall–Kier alpha value is -2.20. The number of fused-ring (bicyclic) bond motifs is 1. The molecule has 28 heavy (non-hydrogen) atoms. The lowest BCUT2D eigenvalue weighted by Crippen LogP contribution is -2.37. The van der Waals surface area contributed by atoms with Gasteiger partial charge in [0, 0.05) is 18.3 Å². The van der Waals surface area contributed by atoms with Crippen molar-refractivity contribution < 1.29 is 25.6 Å². The van der Waals surface area contributed by atoms with Crippen LogP contribution in [-0.2, 0) is 26.5 Å². The van der Waals surface area contributed by atoms with Gasteiger partial charge in [0.25, 0.3) is 10.0 Å². The van der Waals surface area contributed by atoms with Gasteiger partial charge in [0.15, 0.2) is 0 Å². The molecule has 0 amide bonds.